The maximum absolute atomic E-state index is 12.5. The largest absolute Gasteiger partial charge is 0.296 e. The lowest BCUT2D eigenvalue weighted by molar-refractivity contribution is -0.130. The first-order valence-corrected chi connectivity index (χ1v) is 8.53. The Bertz CT molecular complexity index is 558. The van der Waals surface area contributed by atoms with Crippen molar-refractivity contribution in [3.05, 3.63) is 17.0 Å². The number of hydrogen-bond acceptors (Lipinski definition) is 5. The molecule has 1 aromatic rings. The smallest absolute Gasteiger partial charge is 0.174 e. The lowest BCUT2D eigenvalue weighted by atomic mass is 9.87. The second kappa shape index (κ2) is 5.79. The Hall–Kier alpha value is -0.360. The first kappa shape index (κ1) is 16.0. The number of carbonyl (C=O) groups is 3. The summed E-state index contributed by atoms with van der Waals surface area (Å²) in [5.74, 6) is -1.11. The molecular formula is C13H12Cl2O3S2. The predicted octanol–water partition coefficient (Wildman–Crippen LogP) is 3.56. The average Bonchev–Trinajstić information content (AvgIpc) is 2.84. The van der Waals surface area contributed by atoms with Crippen molar-refractivity contribution in [1.29, 1.82) is 0 Å². The molecule has 2 rings (SSSR count). The van der Waals surface area contributed by atoms with Crippen LogP contribution in [0.1, 0.15) is 30.6 Å². The Balaban J connectivity index is 2.53. The molecule has 1 aliphatic heterocycles. The van der Waals surface area contributed by atoms with E-state index in [0.717, 1.165) is 11.8 Å². The number of halogens is 2. The molecule has 1 aliphatic rings. The highest BCUT2D eigenvalue weighted by atomic mass is 35.5. The highest BCUT2D eigenvalue weighted by Gasteiger charge is 2.53. The lowest BCUT2D eigenvalue weighted by Crippen LogP contribution is -2.52. The van der Waals surface area contributed by atoms with Gasteiger partial charge in [0.15, 0.2) is 17.3 Å². The molecule has 0 aliphatic carbocycles. The first-order chi connectivity index (χ1) is 9.29. The number of thiophene rings is 1. The van der Waals surface area contributed by atoms with Crippen LogP contribution in [0.2, 0.25) is 0 Å². The minimum atomic E-state index is -1.49. The monoisotopic (exact) mass is 350 g/mol. The highest BCUT2D eigenvalue weighted by Crippen LogP contribution is 2.48. The number of hydrogen-bond donors (Lipinski definition) is 0. The van der Waals surface area contributed by atoms with E-state index in [9.17, 15) is 14.4 Å². The van der Waals surface area contributed by atoms with Gasteiger partial charge in [-0.3, -0.25) is 14.4 Å². The van der Waals surface area contributed by atoms with Gasteiger partial charge in [-0.15, -0.1) is 34.5 Å². The van der Waals surface area contributed by atoms with Gasteiger partial charge in [0.05, 0.1) is 15.0 Å². The van der Waals surface area contributed by atoms with Gasteiger partial charge in [-0.2, -0.15) is 0 Å². The third-order valence-electron chi connectivity index (χ3n) is 3.13. The minimum Gasteiger partial charge on any atom is -0.296 e. The molecule has 2 unspecified atom stereocenters. The van der Waals surface area contributed by atoms with Crippen molar-refractivity contribution in [2.24, 2.45) is 0 Å². The fourth-order valence-corrected chi connectivity index (χ4v) is 5.43. The second-order valence-electron chi connectivity index (χ2n) is 4.61. The van der Waals surface area contributed by atoms with Crippen LogP contribution < -0.4 is 0 Å². The molecule has 3 nitrogen and oxygen atoms in total. The Morgan fingerprint density at radius 3 is 2.30 bits per heavy atom. The van der Waals surface area contributed by atoms with E-state index in [2.05, 4.69) is 0 Å². The van der Waals surface area contributed by atoms with Gasteiger partial charge in [0.1, 0.15) is 4.75 Å². The molecule has 0 saturated carbocycles. The normalized spacial score (nSPS) is 24.9. The van der Waals surface area contributed by atoms with E-state index in [1.165, 1.54) is 25.2 Å². The van der Waals surface area contributed by atoms with Gasteiger partial charge >= 0.3 is 0 Å². The summed E-state index contributed by atoms with van der Waals surface area (Å²) in [7, 11) is 0. The van der Waals surface area contributed by atoms with Crippen LogP contribution >= 0.6 is 46.3 Å². The van der Waals surface area contributed by atoms with Gasteiger partial charge in [-0.1, -0.05) is 11.8 Å². The molecule has 0 fully saturated rings. The van der Waals surface area contributed by atoms with Gasteiger partial charge in [-0.05, 0) is 25.3 Å². The summed E-state index contributed by atoms with van der Waals surface area (Å²) in [6.45, 7) is 3.01. The molecular weight excluding hydrogens is 339 g/mol. The molecule has 0 aromatic carbocycles. The number of fused-ring (bicyclic) bond motifs is 1. The van der Waals surface area contributed by atoms with E-state index in [1.807, 2.05) is 0 Å². The van der Waals surface area contributed by atoms with E-state index >= 15 is 0 Å². The molecule has 20 heavy (non-hydrogen) atoms. The zero-order chi connectivity index (χ0) is 15.1. The Labute approximate surface area is 135 Å². The molecule has 108 valence electrons. The van der Waals surface area contributed by atoms with Crippen molar-refractivity contribution >= 4 is 63.7 Å². The molecule has 7 heteroatoms. The summed E-state index contributed by atoms with van der Waals surface area (Å²) < 4.78 is -0.811. The zero-order valence-corrected chi connectivity index (χ0v) is 14.0. The summed E-state index contributed by atoms with van der Waals surface area (Å²) in [5.41, 5.74) is 0.570. The highest BCUT2D eigenvalue weighted by molar-refractivity contribution is 8.04. The van der Waals surface area contributed by atoms with Gasteiger partial charge in [-0.25, -0.2) is 0 Å². The number of Topliss-reactive ketones (excluding diaryl/α,β-unsaturated/α-hetero) is 3. The van der Waals surface area contributed by atoms with E-state index in [-0.39, 0.29) is 12.2 Å². The van der Waals surface area contributed by atoms with Crippen LogP contribution in [0.3, 0.4) is 0 Å². The second-order valence-corrected chi connectivity index (χ2v) is 8.40. The topological polar surface area (TPSA) is 51.2 Å². The van der Waals surface area contributed by atoms with Crippen LogP contribution in [-0.4, -0.2) is 32.9 Å². The summed E-state index contributed by atoms with van der Waals surface area (Å²) >= 11 is 14.2. The zero-order valence-electron chi connectivity index (χ0n) is 10.8. The van der Waals surface area contributed by atoms with Crippen molar-refractivity contribution in [1.82, 2.24) is 0 Å². The van der Waals surface area contributed by atoms with Crippen molar-refractivity contribution in [2.45, 2.75) is 40.0 Å². The fourth-order valence-electron chi connectivity index (χ4n) is 2.14. The maximum Gasteiger partial charge on any atom is 0.174 e. The van der Waals surface area contributed by atoms with Gasteiger partial charge < -0.3 is 0 Å². The summed E-state index contributed by atoms with van der Waals surface area (Å²) in [6, 6.07) is 1.71. The Morgan fingerprint density at radius 2 is 1.80 bits per heavy atom. The third-order valence-corrected chi connectivity index (χ3v) is 6.07. The van der Waals surface area contributed by atoms with E-state index < -0.39 is 27.1 Å². The van der Waals surface area contributed by atoms with Crippen molar-refractivity contribution in [2.75, 3.05) is 0 Å². The van der Waals surface area contributed by atoms with E-state index in [4.69, 9.17) is 23.2 Å². The number of rotatable bonds is 4. The summed E-state index contributed by atoms with van der Waals surface area (Å²) in [4.78, 5) is 37.1. The number of ketones is 3. The van der Waals surface area contributed by atoms with E-state index in [0.29, 0.717) is 9.77 Å². The van der Waals surface area contributed by atoms with Crippen LogP contribution in [0.4, 0.5) is 0 Å². The molecule has 0 spiro atoms. The van der Waals surface area contributed by atoms with Gasteiger partial charge in [0.25, 0.3) is 0 Å². The standard InChI is InChI=1S/C13H12Cl2O3S2/c1-6(14)10(17)13(11(18)7(2)15)5-9(16)8-3-4-19-12(8)20-13/h3-4,6-7H,5H2,1-2H3. The van der Waals surface area contributed by atoms with Crippen molar-refractivity contribution < 1.29 is 14.4 Å². The first-order valence-electron chi connectivity index (χ1n) is 5.96. The summed E-state index contributed by atoms with van der Waals surface area (Å²) in [6.07, 6.45) is -0.173. The molecule has 2 atom stereocenters. The molecule has 0 radical (unpaired) electrons. The van der Waals surface area contributed by atoms with Gasteiger partial charge in [0, 0.05) is 12.0 Å². The van der Waals surface area contributed by atoms with Gasteiger partial charge in [0.2, 0.25) is 0 Å². The third kappa shape index (κ3) is 2.56. The average molecular weight is 351 g/mol. The Morgan fingerprint density at radius 1 is 1.25 bits per heavy atom. The molecule has 0 N–H and O–H groups in total. The lowest BCUT2D eigenvalue weighted by Gasteiger charge is -2.34. The molecule has 0 bridgehead atoms. The van der Waals surface area contributed by atoms with Crippen LogP contribution in [0, 0.1) is 0 Å². The molecule has 0 saturated heterocycles. The number of alkyl halides is 2. The number of thioether (sulfide) groups is 1. The quantitative estimate of drug-likeness (QED) is 0.615. The van der Waals surface area contributed by atoms with Crippen LogP contribution in [0.25, 0.3) is 0 Å². The Kier molecular flexibility index (Phi) is 4.64. The minimum absolute atomic E-state index is 0.173. The molecule has 1 aromatic heterocycles. The van der Waals surface area contributed by atoms with Crippen LogP contribution in [-0.2, 0) is 9.59 Å². The predicted molar refractivity (Wildman–Crippen MR) is 82.5 cm³/mol. The van der Waals surface area contributed by atoms with Crippen molar-refractivity contribution in [3.63, 3.8) is 0 Å². The molecule has 2 heterocycles. The summed E-state index contributed by atoms with van der Waals surface area (Å²) in [5, 5.41) is 0.0711. The van der Waals surface area contributed by atoms with E-state index in [1.54, 1.807) is 11.4 Å². The molecule has 0 amide bonds. The maximum atomic E-state index is 12.5. The number of carbonyl (C=O) groups excluding carboxylic acids is 3. The van der Waals surface area contributed by atoms with Crippen LogP contribution in [0.15, 0.2) is 15.7 Å². The van der Waals surface area contributed by atoms with Crippen molar-refractivity contribution in [3.8, 4) is 0 Å². The SMILES string of the molecule is CC(Cl)C(=O)C1(C(=O)C(C)Cl)CC(=O)c2ccsc2S1. The fraction of sp³-hybridized carbons (Fsp3) is 0.462. The van der Waals surface area contributed by atoms with Crippen LogP contribution in [0.5, 0.6) is 0 Å².